The zero-order chi connectivity index (χ0) is 18.4. The number of halogens is 1. The van der Waals surface area contributed by atoms with Crippen molar-refractivity contribution in [1.29, 1.82) is 0 Å². The van der Waals surface area contributed by atoms with E-state index >= 15 is 0 Å². The molecule has 8 heteroatoms. The number of pyridine rings is 1. The first-order valence-corrected chi connectivity index (χ1v) is 9.21. The first-order valence-electron chi connectivity index (χ1n) is 8.23. The van der Waals surface area contributed by atoms with Gasteiger partial charge in [-0.05, 0) is 36.4 Å². The van der Waals surface area contributed by atoms with E-state index in [0.29, 0.717) is 25.3 Å². The van der Waals surface area contributed by atoms with E-state index in [1.807, 2.05) is 12.1 Å². The van der Waals surface area contributed by atoms with E-state index in [1.54, 1.807) is 17.3 Å². The summed E-state index contributed by atoms with van der Waals surface area (Å²) in [5.74, 6) is -0.490. The number of nitrogens with one attached hydrogen (secondary N) is 2. The van der Waals surface area contributed by atoms with Gasteiger partial charge >= 0.3 is 0 Å². The molecule has 1 saturated heterocycles. The summed E-state index contributed by atoms with van der Waals surface area (Å²) in [7, 11) is 0. The van der Waals surface area contributed by atoms with Crippen LogP contribution in [0.4, 0.5) is 10.1 Å². The fourth-order valence-corrected chi connectivity index (χ4v) is 3.43. The fourth-order valence-electron chi connectivity index (χ4n) is 2.66. The van der Waals surface area contributed by atoms with Crippen LogP contribution in [-0.2, 0) is 9.59 Å². The number of aromatic nitrogens is 1. The van der Waals surface area contributed by atoms with Crippen molar-refractivity contribution in [1.82, 2.24) is 15.2 Å². The maximum Gasteiger partial charge on any atom is 0.248 e. The van der Waals surface area contributed by atoms with E-state index in [4.69, 9.17) is 0 Å². The third-order valence-electron chi connectivity index (χ3n) is 3.99. The zero-order valence-electron chi connectivity index (χ0n) is 14.0. The smallest absolute Gasteiger partial charge is 0.248 e. The third-order valence-corrected chi connectivity index (χ3v) is 4.99. The van der Waals surface area contributed by atoms with Gasteiger partial charge < -0.3 is 15.5 Å². The third kappa shape index (κ3) is 4.80. The van der Waals surface area contributed by atoms with Gasteiger partial charge in [0, 0.05) is 42.6 Å². The molecule has 0 spiro atoms. The molecular weight excluding hydrogens is 355 g/mol. The number of carbonyl (C=O) groups is 2. The summed E-state index contributed by atoms with van der Waals surface area (Å²) < 4.78 is 13.0. The Morgan fingerprint density at radius 3 is 2.69 bits per heavy atom. The van der Waals surface area contributed by atoms with Crippen molar-refractivity contribution in [3.63, 3.8) is 0 Å². The van der Waals surface area contributed by atoms with E-state index in [1.165, 1.54) is 36.0 Å². The van der Waals surface area contributed by atoms with Crippen molar-refractivity contribution >= 4 is 29.3 Å². The molecule has 2 N–H and O–H groups in total. The van der Waals surface area contributed by atoms with Crippen molar-refractivity contribution < 1.29 is 14.0 Å². The van der Waals surface area contributed by atoms with Gasteiger partial charge in [0.05, 0.1) is 5.75 Å². The number of amides is 2. The molecule has 1 aliphatic heterocycles. The van der Waals surface area contributed by atoms with Crippen LogP contribution in [0, 0.1) is 5.82 Å². The quantitative estimate of drug-likeness (QED) is 0.780. The van der Waals surface area contributed by atoms with Gasteiger partial charge in [-0.2, -0.15) is 0 Å². The monoisotopic (exact) mass is 374 g/mol. The van der Waals surface area contributed by atoms with Crippen molar-refractivity contribution in [2.45, 2.75) is 10.9 Å². The molecule has 0 bridgehead atoms. The molecule has 1 aromatic heterocycles. The minimum absolute atomic E-state index is 0.0902. The minimum Gasteiger partial charge on any atom is -0.327 e. The van der Waals surface area contributed by atoms with E-state index in [0.717, 1.165) is 4.90 Å². The van der Waals surface area contributed by atoms with Crippen LogP contribution < -0.4 is 10.6 Å². The van der Waals surface area contributed by atoms with Gasteiger partial charge in [-0.15, -0.1) is 11.8 Å². The molecule has 2 heterocycles. The molecule has 136 valence electrons. The van der Waals surface area contributed by atoms with Crippen LogP contribution in [-0.4, -0.2) is 53.1 Å². The summed E-state index contributed by atoms with van der Waals surface area (Å²) in [4.78, 5) is 31.7. The van der Waals surface area contributed by atoms with Crippen LogP contribution in [0.15, 0.2) is 53.7 Å². The van der Waals surface area contributed by atoms with E-state index in [-0.39, 0.29) is 23.4 Å². The van der Waals surface area contributed by atoms with Gasteiger partial charge in [-0.3, -0.25) is 14.6 Å². The predicted octanol–water partition coefficient (Wildman–Crippen LogP) is 1.75. The van der Waals surface area contributed by atoms with Gasteiger partial charge in [0.2, 0.25) is 11.8 Å². The molecule has 2 aromatic rings. The standard InChI is InChI=1S/C18H19FN4O2S/c19-13-1-3-14(4-2-13)22-18(25)16-11-21-9-10-23(16)17(24)12-26-15-5-7-20-8-6-15/h1-8,16,21H,9-12H2,(H,22,25). The molecule has 1 aliphatic rings. The molecule has 1 aromatic carbocycles. The molecule has 0 saturated carbocycles. The molecule has 1 fully saturated rings. The lowest BCUT2D eigenvalue weighted by Crippen LogP contribution is -2.58. The van der Waals surface area contributed by atoms with E-state index in [9.17, 15) is 14.0 Å². The molecule has 6 nitrogen and oxygen atoms in total. The summed E-state index contributed by atoms with van der Waals surface area (Å²) in [6.07, 6.45) is 3.35. The normalized spacial score (nSPS) is 17.0. The first kappa shape index (κ1) is 18.3. The topological polar surface area (TPSA) is 74.3 Å². The Labute approximate surface area is 155 Å². The first-order chi connectivity index (χ1) is 12.6. The largest absolute Gasteiger partial charge is 0.327 e. The van der Waals surface area contributed by atoms with Gasteiger partial charge in [0.25, 0.3) is 0 Å². The number of piperazine rings is 1. The van der Waals surface area contributed by atoms with E-state index in [2.05, 4.69) is 15.6 Å². The predicted molar refractivity (Wildman–Crippen MR) is 98.4 cm³/mol. The fraction of sp³-hybridized carbons (Fsp3) is 0.278. The zero-order valence-corrected chi connectivity index (χ0v) is 14.8. The Bertz CT molecular complexity index is 758. The average Bonchev–Trinajstić information content (AvgIpc) is 2.68. The second kappa shape index (κ2) is 8.77. The van der Waals surface area contributed by atoms with Crippen molar-refractivity contribution in [3.8, 4) is 0 Å². The highest BCUT2D eigenvalue weighted by Gasteiger charge is 2.31. The highest BCUT2D eigenvalue weighted by atomic mass is 32.2. The van der Waals surface area contributed by atoms with Gasteiger partial charge in [0.1, 0.15) is 11.9 Å². The average molecular weight is 374 g/mol. The SMILES string of the molecule is O=C(Nc1ccc(F)cc1)C1CNCCN1C(=O)CSc1ccncc1. The number of thioether (sulfide) groups is 1. The van der Waals surface area contributed by atoms with Gasteiger partial charge in [-0.1, -0.05) is 0 Å². The van der Waals surface area contributed by atoms with Crippen LogP contribution in [0.5, 0.6) is 0 Å². The van der Waals surface area contributed by atoms with Crippen LogP contribution in [0.2, 0.25) is 0 Å². The Balaban J connectivity index is 1.61. The highest BCUT2D eigenvalue weighted by molar-refractivity contribution is 8.00. The summed E-state index contributed by atoms with van der Waals surface area (Å²) in [5.41, 5.74) is 0.500. The number of carbonyl (C=O) groups excluding carboxylic acids is 2. The van der Waals surface area contributed by atoms with Crippen molar-refractivity contribution in [3.05, 3.63) is 54.6 Å². The Morgan fingerprint density at radius 1 is 1.23 bits per heavy atom. The Morgan fingerprint density at radius 2 is 1.96 bits per heavy atom. The van der Waals surface area contributed by atoms with Crippen LogP contribution in [0.1, 0.15) is 0 Å². The molecule has 3 rings (SSSR count). The molecule has 0 aliphatic carbocycles. The molecule has 1 unspecified atom stereocenters. The molecule has 0 radical (unpaired) electrons. The number of nitrogens with zero attached hydrogens (tertiary/aromatic N) is 2. The van der Waals surface area contributed by atoms with Crippen LogP contribution in [0.25, 0.3) is 0 Å². The lowest BCUT2D eigenvalue weighted by molar-refractivity contribution is -0.137. The summed E-state index contributed by atoms with van der Waals surface area (Å²) >= 11 is 1.42. The van der Waals surface area contributed by atoms with Crippen molar-refractivity contribution in [2.24, 2.45) is 0 Å². The number of hydrogen-bond acceptors (Lipinski definition) is 5. The molecule has 2 amide bonds. The number of rotatable bonds is 5. The second-order valence-corrected chi connectivity index (χ2v) is 6.82. The number of benzene rings is 1. The number of hydrogen-bond donors (Lipinski definition) is 2. The molecule has 1 atom stereocenters. The lowest BCUT2D eigenvalue weighted by atomic mass is 10.1. The summed E-state index contributed by atoms with van der Waals surface area (Å²) in [6, 6.07) is 8.64. The summed E-state index contributed by atoms with van der Waals surface area (Å²) in [6.45, 7) is 1.50. The highest BCUT2D eigenvalue weighted by Crippen LogP contribution is 2.18. The Hall–Kier alpha value is -2.45. The minimum atomic E-state index is -0.598. The maximum atomic E-state index is 13.0. The number of anilines is 1. The molecular formula is C18H19FN4O2S. The maximum absolute atomic E-state index is 13.0. The molecule has 26 heavy (non-hydrogen) atoms. The van der Waals surface area contributed by atoms with Crippen LogP contribution >= 0.6 is 11.8 Å². The van der Waals surface area contributed by atoms with Crippen LogP contribution in [0.3, 0.4) is 0 Å². The van der Waals surface area contributed by atoms with Gasteiger partial charge in [-0.25, -0.2) is 4.39 Å². The lowest BCUT2D eigenvalue weighted by Gasteiger charge is -2.35. The Kier molecular flexibility index (Phi) is 6.19. The van der Waals surface area contributed by atoms with Crippen molar-refractivity contribution in [2.75, 3.05) is 30.7 Å². The second-order valence-electron chi connectivity index (χ2n) is 5.77. The van der Waals surface area contributed by atoms with E-state index < -0.39 is 6.04 Å². The summed E-state index contributed by atoms with van der Waals surface area (Å²) in [5, 5.41) is 5.88. The van der Waals surface area contributed by atoms with Gasteiger partial charge in [0.15, 0.2) is 0 Å².